The zero-order chi connectivity index (χ0) is 12.0. The van der Waals surface area contributed by atoms with Crippen LogP contribution < -0.4 is 0 Å². The van der Waals surface area contributed by atoms with E-state index in [2.05, 4.69) is 0 Å². The van der Waals surface area contributed by atoms with Crippen molar-refractivity contribution in [3.05, 3.63) is 34.9 Å². The number of carbonyl (C=O) groups is 2. The number of rotatable bonds is 1. The van der Waals surface area contributed by atoms with Gasteiger partial charge in [0.05, 0.1) is 19.7 Å². The minimum Gasteiger partial charge on any atom is -0.465 e. The molecule has 3 rings (SSSR count). The Morgan fingerprint density at radius 3 is 2.88 bits per heavy atom. The molecule has 2 aliphatic heterocycles. The summed E-state index contributed by atoms with van der Waals surface area (Å²) in [6.07, 6.45) is -0.118. The van der Waals surface area contributed by atoms with Gasteiger partial charge in [0, 0.05) is 5.56 Å². The first-order valence-corrected chi connectivity index (χ1v) is 5.35. The number of benzene rings is 1. The van der Waals surface area contributed by atoms with E-state index in [0.29, 0.717) is 25.3 Å². The Morgan fingerprint density at radius 2 is 2.24 bits per heavy atom. The summed E-state index contributed by atoms with van der Waals surface area (Å²) in [5, 5.41) is 8.83. The number of fused-ring (bicyclic) bond motifs is 2. The molecule has 0 atom stereocenters. The first-order valence-electron chi connectivity index (χ1n) is 5.35. The highest BCUT2D eigenvalue weighted by Gasteiger charge is 2.51. The summed E-state index contributed by atoms with van der Waals surface area (Å²) < 4.78 is 5.71. The van der Waals surface area contributed by atoms with Crippen LogP contribution >= 0.6 is 0 Å². The van der Waals surface area contributed by atoms with E-state index >= 15 is 0 Å². The van der Waals surface area contributed by atoms with Gasteiger partial charge in [0.1, 0.15) is 11.9 Å². The Labute approximate surface area is 97.6 Å². The van der Waals surface area contributed by atoms with Gasteiger partial charge in [-0.25, -0.2) is 4.79 Å². The van der Waals surface area contributed by atoms with Gasteiger partial charge in [0.25, 0.3) is 0 Å². The van der Waals surface area contributed by atoms with Gasteiger partial charge in [0.2, 0.25) is 0 Å². The molecule has 0 saturated carbocycles. The number of hydrogen-bond donors (Lipinski definition) is 1. The third-order valence-corrected chi connectivity index (χ3v) is 3.42. The van der Waals surface area contributed by atoms with Gasteiger partial charge in [-0.2, -0.15) is 0 Å². The lowest BCUT2D eigenvalue weighted by Crippen LogP contribution is -2.60. The highest BCUT2D eigenvalue weighted by atomic mass is 16.5. The molecular formula is C12H11NO4. The number of carbonyl (C=O) groups excluding carboxylic acids is 1. The SMILES string of the molecule is O=Cc1ccc2c(c1)COC21CN(C(=O)O)C1. The molecule has 1 spiro atoms. The Kier molecular flexibility index (Phi) is 2.00. The summed E-state index contributed by atoms with van der Waals surface area (Å²) in [5.74, 6) is 0. The van der Waals surface area contributed by atoms with E-state index in [1.54, 1.807) is 12.1 Å². The smallest absolute Gasteiger partial charge is 0.407 e. The second-order valence-electron chi connectivity index (χ2n) is 4.46. The molecule has 0 bridgehead atoms. The number of aldehydes is 1. The maximum Gasteiger partial charge on any atom is 0.407 e. The molecule has 0 unspecified atom stereocenters. The number of hydrogen-bond acceptors (Lipinski definition) is 3. The van der Waals surface area contributed by atoms with E-state index in [1.165, 1.54) is 4.90 Å². The molecule has 88 valence electrons. The fraction of sp³-hybridized carbons (Fsp3) is 0.333. The maximum atomic E-state index is 10.8. The second kappa shape index (κ2) is 3.30. The highest BCUT2D eigenvalue weighted by molar-refractivity contribution is 5.75. The lowest BCUT2D eigenvalue weighted by Gasteiger charge is -2.45. The van der Waals surface area contributed by atoms with Crippen molar-refractivity contribution in [1.29, 1.82) is 0 Å². The van der Waals surface area contributed by atoms with Crippen molar-refractivity contribution in [3.8, 4) is 0 Å². The zero-order valence-electron chi connectivity index (χ0n) is 9.05. The predicted molar refractivity (Wildman–Crippen MR) is 57.9 cm³/mol. The summed E-state index contributed by atoms with van der Waals surface area (Å²) in [5.41, 5.74) is 2.15. The molecule has 0 aliphatic carbocycles. The van der Waals surface area contributed by atoms with Crippen molar-refractivity contribution in [2.45, 2.75) is 12.2 Å². The van der Waals surface area contributed by atoms with Crippen LogP contribution in [0.4, 0.5) is 4.79 Å². The van der Waals surface area contributed by atoms with Crippen LogP contribution in [0.5, 0.6) is 0 Å². The van der Waals surface area contributed by atoms with Crippen LogP contribution in [-0.4, -0.2) is 35.5 Å². The van der Waals surface area contributed by atoms with Gasteiger partial charge in [-0.1, -0.05) is 12.1 Å². The minimum absolute atomic E-state index is 0.371. The maximum absolute atomic E-state index is 10.8. The van der Waals surface area contributed by atoms with Crippen LogP contribution in [0.3, 0.4) is 0 Å². The van der Waals surface area contributed by atoms with Gasteiger partial charge in [-0.15, -0.1) is 0 Å². The lowest BCUT2D eigenvalue weighted by molar-refractivity contribution is -0.129. The normalized spacial score (nSPS) is 19.9. The first kappa shape index (κ1) is 10.3. The van der Waals surface area contributed by atoms with Crippen molar-refractivity contribution in [2.75, 3.05) is 13.1 Å². The van der Waals surface area contributed by atoms with Gasteiger partial charge < -0.3 is 14.7 Å². The first-order chi connectivity index (χ1) is 8.14. The molecule has 2 heterocycles. The van der Waals surface area contributed by atoms with Gasteiger partial charge in [0.15, 0.2) is 0 Å². The second-order valence-corrected chi connectivity index (χ2v) is 4.46. The van der Waals surface area contributed by atoms with Gasteiger partial charge >= 0.3 is 6.09 Å². The average Bonchev–Trinajstić information content (AvgIpc) is 2.65. The molecule has 1 aromatic rings. The Balaban J connectivity index is 1.91. The quantitative estimate of drug-likeness (QED) is 0.740. The summed E-state index contributed by atoms with van der Waals surface area (Å²) in [4.78, 5) is 22.7. The molecule has 5 heteroatoms. The third kappa shape index (κ3) is 1.36. The van der Waals surface area contributed by atoms with E-state index in [9.17, 15) is 9.59 Å². The summed E-state index contributed by atoms with van der Waals surface area (Å²) in [7, 11) is 0. The topological polar surface area (TPSA) is 66.8 Å². The van der Waals surface area contributed by atoms with Gasteiger partial charge in [-0.3, -0.25) is 4.79 Å². The fourth-order valence-corrected chi connectivity index (χ4v) is 2.51. The van der Waals surface area contributed by atoms with E-state index in [0.717, 1.165) is 17.4 Å². The van der Waals surface area contributed by atoms with Crippen LogP contribution in [0.2, 0.25) is 0 Å². The zero-order valence-corrected chi connectivity index (χ0v) is 9.05. The summed E-state index contributed by atoms with van der Waals surface area (Å²) >= 11 is 0. The van der Waals surface area contributed by atoms with E-state index in [-0.39, 0.29) is 0 Å². The van der Waals surface area contributed by atoms with Gasteiger partial charge in [-0.05, 0) is 17.2 Å². The predicted octanol–water partition coefficient (Wildman–Crippen LogP) is 1.22. The molecule has 5 nitrogen and oxygen atoms in total. The monoisotopic (exact) mass is 233 g/mol. The number of amides is 1. The van der Waals surface area contributed by atoms with Crippen LogP contribution in [0.15, 0.2) is 18.2 Å². The number of ether oxygens (including phenoxy) is 1. The highest BCUT2D eigenvalue weighted by Crippen LogP contribution is 2.43. The molecule has 1 amide bonds. The van der Waals surface area contributed by atoms with Crippen LogP contribution in [0.1, 0.15) is 21.5 Å². The Bertz CT molecular complexity index is 505. The third-order valence-electron chi connectivity index (χ3n) is 3.42. The van der Waals surface area contributed by atoms with Crippen molar-refractivity contribution < 1.29 is 19.4 Å². The standard InChI is InChI=1S/C12H11NO4/c14-4-8-1-2-10-9(3-8)5-17-12(10)6-13(7-12)11(15)16/h1-4H,5-7H2,(H,15,16). The molecule has 1 saturated heterocycles. The molecule has 1 fully saturated rings. The van der Waals surface area contributed by atoms with E-state index < -0.39 is 11.7 Å². The molecule has 2 aliphatic rings. The fourth-order valence-electron chi connectivity index (χ4n) is 2.51. The Hall–Kier alpha value is -1.88. The molecule has 17 heavy (non-hydrogen) atoms. The largest absolute Gasteiger partial charge is 0.465 e. The van der Waals surface area contributed by atoms with Crippen LogP contribution in [0, 0.1) is 0 Å². The van der Waals surface area contributed by atoms with Crippen molar-refractivity contribution >= 4 is 12.4 Å². The Morgan fingerprint density at radius 1 is 1.47 bits per heavy atom. The molecule has 1 N–H and O–H groups in total. The van der Waals surface area contributed by atoms with E-state index in [1.807, 2.05) is 6.07 Å². The molecular weight excluding hydrogens is 222 g/mol. The number of likely N-dealkylation sites (tertiary alicyclic amines) is 1. The van der Waals surface area contributed by atoms with Crippen molar-refractivity contribution in [3.63, 3.8) is 0 Å². The minimum atomic E-state index is -0.919. The molecule has 0 radical (unpaired) electrons. The van der Waals surface area contributed by atoms with Crippen molar-refractivity contribution in [2.24, 2.45) is 0 Å². The average molecular weight is 233 g/mol. The lowest BCUT2D eigenvalue weighted by atomic mass is 9.85. The summed E-state index contributed by atoms with van der Waals surface area (Å²) in [6.45, 7) is 1.19. The summed E-state index contributed by atoms with van der Waals surface area (Å²) in [6, 6.07) is 5.41. The number of carboxylic acid groups (broad SMARTS) is 1. The molecule has 1 aromatic carbocycles. The van der Waals surface area contributed by atoms with Crippen LogP contribution in [0.25, 0.3) is 0 Å². The number of nitrogens with zero attached hydrogens (tertiary/aromatic N) is 1. The van der Waals surface area contributed by atoms with Crippen LogP contribution in [-0.2, 0) is 16.9 Å². The van der Waals surface area contributed by atoms with E-state index in [4.69, 9.17) is 9.84 Å². The van der Waals surface area contributed by atoms with Crippen molar-refractivity contribution in [1.82, 2.24) is 4.90 Å². The molecule has 0 aromatic heterocycles.